The van der Waals surface area contributed by atoms with E-state index in [1.807, 2.05) is 6.07 Å². The van der Waals surface area contributed by atoms with E-state index >= 15 is 0 Å². The van der Waals surface area contributed by atoms with Gasteiger partial charge in [-0.05, 0) is 25.3 Å². The number of rotatable bonds is 4. The standard InChI is InChI=1S/C15H22N2O2/c1-12(13-5-3-2-4-6-13)17-9-7-14(8-10-17)16-15(19)11-18/h2-6,12,14,18H,7-11H2,1H3,(H,16,19). The maximum atomic E-state index is 11.1. The van der Waals surface area contributed by atoms with Gasteiger partial charge in [0.2, 0.25) is 5.91 Å². The van der Waals surface area contributed by atoms with Gasteiger partial charge in [-0.3, -0.25) is 9.69 Å². The summed E-state index contributed by atoms with van der Waals surface area (Å²) in [5.74, 6) is -0.269. The van der Waals surface area contributed by atoms with Crippen LogP contribution in [0.2, 0.25) is 0 Å². The molecule has 0 spiro atoms. The van der Waals surface area contributed by atoms with Crippen LogP contribution in [0.3, 0.4) is 0 Å². The molecule has 4 heteroatoms. The van der Waals surface area contributed by atoms with Crippen molar-refractivity contribution in [1.82, 2.24) is 10.2 Å². The Morgan fingerprint density at radius 1 is 1.37 bits per heavy atom. The molecule has 1 amide bonds. The third-order valence-corrected chi connectivity index (χ3v) is 3.87. The number of nitrogens with zero attached hydrogens (tertiary/aromatic N) is 1. The van der Waals surface area contributed by atoms with E-state index in [0.29, 0.717) is 6.04 Å². The predicted molar refractivity (Wildman–Crippen MR) is 74.7 cm³/mol. The van der Waals surface area contributed by atoms with Crippen LogP contribution in [0.4, 0.5) is 0 Å². The Labute approximate surface area is 114 Å². The van der Waals surface area contributed by atoms with E-state index < -0.39 is 6.61 Å². The summed E-state index contributed by atoms with van der Waals surface area (Å²) in [6.45, 7) is 3.77. The SMILES string of the molecule is CC(c1ccccc1)N1CCC(NC(=O)CO)CC1. The predicted octanol–water partition coefficient (Wildman–Crippen LogP) is 1.32. The van der Waals surface area contributed by atoms with Crippen LogP contribution in [0.1, 0.15) is 31.4 Å². The summed E-state index contributed by atoms with van der Waals surface area (Å²) >= 11 is 0. The molecule has 0 aromatic heterocycles. The van der Waals surface area contributed by atoms with Gasteiger partial charge in [0.05, 0.1) is 0 Å². The van der Waals surface area contributed by atoms with E-state index in [-0.39, 0.29) is 11.9 Å². The summed E-state index contributed by atoms with van der Waals surface area (Å²) in [6, 6.07) is 11.1. The van der Waals surface area contributed by atoms with Crippen LogP contribution in [0.15, 0.2) is 30.3 Å². The molecule has 4 nitrogen and oxygen atoms in total. The molecule has 0 aliphatic carbocycles. The molecule has 0 bridgehead atoms. The zero-order valence-electron chi connectivity index (χ0n) is 11.4. The number of benzene rings is 1. The molecular weight excluding hydrogens is 240 g/mol. The molecule has 1 atom stereocenters. The van der Waals surface area contributed by atoms with Crippen LogP contribution in [0.25, 0.3) is 0 Å². The molecule has 0 saturated carbocycles. The van der Waals surface area contributed by atoms with Crippen LogP contribution in [0, 0.1) is 0 Å². The second-order valence-corrected chi connectivity index (χ2v) is 5.12. The van der Waals surface area contributed by atoms with Gasteiger partial charge in [0.15, 0.2) is 0 Å². The summed E-state index contributed by atoms with van der Waals surface area (Å²) in [5, 5.41) is 11.6. The van der Waals surface area contributed by atoms with Crippen molar-refractivity contribution in [2.45, 2.75) is 31.8 Å². The molecule has 0 radical (unpaired) electrons. The average molecular weight is 262 g/mol. The molecule has 1 saturated heterocycles. The Morgan fingerprint density at radius 3 is 2.58 bits per heavy atom. The zero-order chi connectivity index (χ0) is 13.7. The van der Waals surface area contributed by atoms with Crippen molar-refractivity contribution in [3.63, 3.8) is 0 Å². The molecular formula is C15H22N2O2. The fraction of sp³-hybridized carbons (Fsp3) is 0.533. The summed E-state index contributed by atoms with van der Waals surface area (Å²) in [4.78, 5) is 13.6. The van der Waals surface area contributed by atoms with Crippen LogP contribution in [-0.4, -0.2) is 41.7 Å². The highest BCUT2D eigenvalue weighted by Gasteiger charge is 2.24. The topological polar surface area (TPSA) is 52.6 Å². The Kier molecular flexibility index (Phi) is 4.93. The van der Waals surface area contributed by atoms with E-state index in [1.165, 1.54) is 5.56 Å². The second-order valence-electron chi connectivity index (χ2n) is 5.12. The largest absolute Gasteiger partial charge is 0.387 e. The molecule has 1 aromatic carbocycles. The smallest absolute Gasteiger partial charge is 0.245 e. The van der Waals surface area contributed by atoms with Crippen molar-refractivity contribution in [1.29, 1.82) is 0 Å². The Hall–Kier alpha value is -1.39. The quantitative estimate of drug-likeness (QED) is 0.860. The van der Waals surface area contributed by atoms with Gasteiger partial charge in [0.1, 0.15) is 6.61 Å². The van der Waals surface area contributed by atoms with Crippen LogP contribution in [0.5, 0.6) is 0 Å². The summed E-state index contributed by atoms with van der Waals surface area (Å²) in [5.41, 5.74) is 1.33. The van der Waals surface area contributed by atoms with E-state index in [1.54, 1.807) is 0 Å². The van der Waals surface area contributed by atoms with Gasteiger partial charge in [-0.25, -0.2) is 0 Å². The number of carbonyl (C=O) groups excluding carboxylic acids is 1. The first-order valence-corrected chi connectivity index (χ1v) is 6.90. The van der Waals surface area contributed by atoms with Crippen molar-refractivity contribution in [2.75, 3.05) is 19.7 Å². The third kappa shape index (κ3) is 3.78. The summed E-state index contributed by atoms with van der Waals surface area (Å²) in [6.07, 6.45) is 1.89. The van der Waals surface area contributed by atoms with Gasteiger partial charge in [0, 0.05) is 25.2 Å². The number of hydrogen-bond acceptors (Lipinski definition) is 3. The highest BCUT2D eigenvalue weighted by atomic mass is 16.3. The van der Waals surface area contributed by atoms with Crippen molar-refractivity contribution in [3.8, 4) is 0 Å². The first-order valence-electron chi connectivity index (χ1n) is 6.90. The lowest BCUT2D eigenvalue weighted by Crippen LogP contribution is -2.45. The minimum Gasteiger partial charge on any atom is -0.387 e. The lowest BCUT2D eigenvalue weighted by molar-refractivity contribution is -0.124. The lowest BCUT2D eigenvalue weighted by Gasteiger charge is -2.36. The van der Waals surface area contributed by atoms with Crippen molar-refractivity contribution >= 4 is 5.91 Å². The van der Waals surface area contributed by atoms with Gasteiger partial charge in [0.25, 0.3) is 0 Å². The summed E-state index contributed by atoms with van der Waals surface area (Å²) < 4.78 is 0. The zero-order valence-corrected chi connectivity index (χ0v) is 11.4. The van der Waals surface area contributed by atoms with Gasteiger partial charge in [-0.1, -0.05) is 30.3 Å². The number of carbonyl (C=O) groups is 1. The van der Waals surface area contributed by atoms with Crippen molar-refractivity contribution in [2.24, 2.45) is 0 Å². The van der Waals surface area contributed by atoms with Crippen LogP contribution >= 0.6 is 0 Å². The number of nitrogens with one attached hydrogen (secondary N) is 1. The molecule has 19 heavy (non-hydrogen) atoms. The molecule has 1 aliphatic heterocycles. The average Bonchev–Trinajstić information content (AvgIpc) is 2.48. The number of amides is 1. The number of aliphatic hydroxyl groups excluding tert-OH is 1. The van der Waals surface area contributed by atoms with Crippen LogP contribution in [-0.2, 0) is 4.79 Å². The van der Waals surface area contributed by atoms with E-state index in [4.69, 9.17) is 5.11 Å². The Bertz CT molecular complexity index is 400. The van der Waals surface area contributed by atoms with E-state index in [2.05, 4.69) is 41.4 Å². The van der Waals surface area contributed by atoms with Gasteiger partial charge in [-0.2, -0.15) is 0 Å². The van der Waals surface area contributed by atoms with Gasteiger partial charge < -0.3 is 10.4 Å². The number of likely N-dealkylation sites (tertiary alicyclic amines) is 1. The number of aliphatic hydroxyl groups is 1. The van der Waals surface area contributed by atoms with Gasteiger partial charge >= 0.3 is 0 Å². The van der Waals surface area contributed by atoms with Crippen molar-refractivity contribution in [3.05, 3.63) is 35.9 Å². The highest BCUT2D eigenvalue weighted by molar-refractivity contribution is 5.77. The van der Waals surface area contributed by atoms with Crippen LogP contribution < -0.4 is 5.32 Å². The number of piperidine rings is 1. The lowest BCUT2D eigenvalue weighted by atomic mass is 10.0. The molecule has 1 aromatic rings. The minimum absolute atomic E-state index is 0.207. The molecule has 1 unspecified atom stereocenters. The monoisotopic (exact) mass is 262 g/mol. The normalized spacial score (nSPS) is 19.1. The molecule has 1 fully saturated rings. The first kappa shape index (κ1) is 14.0. The maximum absolute atomic E-state index is 11.1. The highest BCUT2D eigenvalue weighted by Crippen LogP contribution is 2.23. The summed E-state index contributed by atoms with van der Waals surface area (Å²) in [7, 11) is 0. The third-order valence-electron chi connectivity index (χ3n) is 3.87. The van der Waals surface area contributed by atoms with E-state index in [0.717, 1.165) is 25.9 Å². The molecule has 1 aliphatic rings. The van der Waals surface area contributed by atoms with E-state index in [9.17, 15) is 4.79 Å². The molecule has 1 heterocycles. The fourth-order valence-corrected chi connectivity index (χ4v) is 2.65. The van der Waals surface area contributed by atoms with Gasteiger partial charge in [-0.15, -0.1) is 0 Å². The first-order chi connectivity index (χ1) is 9.20. The minimum atomic E-state index is -0.416. The Morgan fingerprint density at radius 2 is 2.00 bits per heavy atom. The van der Waals surface area contributed by atoms with Crippen molar-refractivity contribution < 1.29 is 9.90 Å². The maximum Gasteiger partial charge on any atom is 0.245 e. The molecule has 2 N–H and O–H groups in total. The molecule has 2 rings (SSSR count). The fourth-order valence-electron chi connectivity index (χ4n) is 2.65. The second kappa shape index (κ2) is 6.68. The molecule has 104 valence electrons. The Balaban J connectivity index is 1.84. The number of hydrogen-bond donors (Lipinski definition) is 2.